The van der Waals surface area contributed by atoms with Crippen molar-refractivity contribution in [2.24, 2.45) is 7.05 Å². The number of carbonyl (C=O) groups excluding carboxylic acids is 1. The quantitative estimate of drug-likeness (QED) is 0.862. The van der Waals surface area contributed by atoms with Crippen LogP contribution in [0.3, 0.4) is 0 Å². The number of nitrogens with zero attached hydrogens (tertiary/aromatic N) is 3. The fraction of sp³-hybridized carbons (Fsp3) is 0.474. The van der Waals surface area contributed by atoms with Crippen LogP contribution in [0.5, 0.6) is 11.5 Å². The normalized spacial score (nSPS) is 16.6. The smallest absolute Gasteiger partial charge is 0.318 e. The summed E-state index contributed by atoms with van der Waals surface area (Å²) in [6.45, 7) is 3.70. The van der Waals surface area contributed by atoms with Gasteiger partial charge in [-0.25, -0.2) is 4.79 Å². The molecule has 2 amide bonds. The van der Waals surface area contributed by atoms with Crippen LogP contribution in [0.2, 0.25) is 0 Å². The molecular weight excluding hydrogens is 332 g/mol. The molecule has 0 saturated carbocycles. The second-order valence-corrected chi connectivity index (χ2v) is 6.38. The third-order valence-electron chi connectivity index (χ3n) is 4.59. The number of amides is 2. The van der Waals surface area contributed by atoms with Gasteiger partial charge in [-0.05, 0) is 37.5 Å². The molecule has 2 aromatic rings. The Hall–Kier alpha value is -2.70. The molecule has 0 radical (unpaired) electrons. The molecule has 1 aromatic heterocycles. The molecule has 1 N–H and O–H groups in total. The van der Waals surface area contributed by atoms with E-state index in [0.29, 0.717) is 24.7 Å². The van der Waals surface area contributed by atoms with Crippen LogP contribution in [0.25, 0.3) is 0 Å². The average Bonchev–Trinajstić information content (AvgIpc) is 3.29. The summed E-state index contributed by atoms with van der Waals surface area (Å²) in [7, 11) is 3.51. The van der Waals surface area contributed by atoms with Crippen molar-refractivity contribution >= 4 is 6.03 Å². The first-order valence-corrected chi connectivity index (χ1v) is 8.95. The van der Waals surface area contributed by atoms with Crippen molar-refractivity contribution in [2.45, 2.75) is 32.4 Å². The lowest BCUT2D eigenvalue weighted by molar-refractivity contribution is 0.192. The molecule has 2 heterocycles. The SMILES string of the molecule is CCOc1cc(CNC(=O)N2CCCC2c2cnn(C)c2)ccc1OC. The first-order valence-electron chi connectivity index (χ1n) is 8.95. The molecule has 26 heavy (non-hydrogen) atoms. The van der Waals surface area contributed by atoms with Crippen molar-refractivity contribution in [3.05, 3.63) is 41.7 Å². The van der Waals surface area contributed by atoms with Gasteiger partial charge in [0.2, 0.25) is 0 Å². The minimum absolute atomic E-state index is 0.0508. The van der Waals surface area contributed by atoms with Crippen LogP contribution in [0.4, 0.5) is 4.79 Å². The van der Waals surface area contributed by atoms with E-state index in [2.05, 4.69) is 10.4 Å². The lowest BCUT2D eigenvalue weighted by atomic mass is 10.1. The molecule has 140 valence electrons. The fourth-order valence-corrected chi connectivity index (χ4v) is 3.35. The van der Waals surface area contributed by atoms with Crippen molar-refractivity contribution in [3.8, 4) is 11.5 Å². The zero-order valence-electron chi connectivity index (χ0n) is 15.6. The Morgan fingerprint density at radius 1 is 1.38 bits per heavy atom. The third kappa shape index (κ3) is 3.92. The van der Waals surface area contributed by atoms with Crippen LogP contribution in [0, 0.1) is 0 Å². The highest BCUT2D eigenvalue weighted by Crippen LogP contribution is 2.32. The number of urea groups is 1. The van der Waals surface area contributed by atoms with Gasteiger partial charge in [-0.3, -0.25) is 4.68 Å². The van der Waals surface area contributed by atoms with E-state index in [1.807, 2.05) is 49.5 Å². The molecule has 0 bridgehead atoms. The topological polar surface area (TPSA) is 68.6 Å². The Bertz CT molecular complexity index is 759. The molecule has 1 unspecified atom stereocenters. The van der Waals surface area contributed by atoms with E-state index in [1.165, 1.54) is 0 Å². The Morgan fingerprint density at radius 2 is 2.23 bits per heavy atom. The van der Waals surface area contributed by atoms with Gasteiger partial charge < -0.3 is 19.7 Å². The molecule has 1 aliphatic rings. The number of rotatable bonds is 6. The van der Waals surface area contributed by atoms with Gasteiger partial charge in [-0.15, -0.1) is 0 Å². The minimum Gasteiger partial charge on any atom is -0.493 e. The summed E-state index contributed by atoms with van der Waals surface area (Å²) in [6.07, 6.45) is 5.79. The predicted molar refractivity (Wildman–Crippen MR) is 98.3 cm³/mol. The van der Waals surface area contributed by atoms with E-state index in [1.54, 1.807) is 11.8 Å². The Labute approximate surface area is 153 Å². The fourth-order valence-electron chi connectivity index (χ4n) is 3.35. The summed E-state index contributed by atoms with van der Waals surface area (Å²) in [5.41, 5.74) is 2.06. The van der Waals surface area contributed by atoms with Gasteiger partial charge in [-0.2, -0.15) is 5.10 Å². The van der Waals surface area contributed by atoms with Crippen molar-refractivity contribution < 1.29 is 14.3 Å². The molecular formula is C19H26N4O3. The highest BCUT2D eigenvalue weighted by molar-refractivity contribution is 5.75. The summed E-state index contributed by atoms with van der Waals surface area (Å²) < 4.78 is 12.7. The molecule has 3 rings (SSSR count). The Kier molecular flexibility index (Phi) is 5.65. The lowest BCUT2D eigenvalue weighted by Gasteiger charge is -2.24. The van der Waals surface area contributed by atoms with Gasteiger partial charge in [0, 0.05) is 31.9 Å². The molecule has 1 fully saturated rings. The lowest BCUT2D eigenvalue weighted by Crippen LogP contribution is -2.39. The molecule has 7 heteroatoms. The van der Waals surface area contributed by atoms with Gasteiger partial charge in [0.15, 0.2) is 11.5 Å². The Balaban J connectivity index is 1.64. The third-order valence-corrected chi connectivity index (χ3v) is 4.59. The number of methoxy groups -OCH3 is 1. The number of aromatic nitrogens is 2. The Morgan fingerprint density at radius 3 is 2.92 bits per heavy atom. The number of hydrogen-bond donors (Lipinski definition) is 1. The number of nitrogens with one attached hydrogen (secondary N) is 1. The van der Waals surface area contributed by atoms with Crippen molar-refractivity contribution in [1.82, 2.24) is 20.0 Å². The maximum Gasteiger partial charge on any atom is 0.318 e. The van der Waals surface area contributed by atoms with E-state index in [4.69, 9.17) is 9.47 Å². The molecule has 1 aliphatic heterocycles. The first-order chi connectivity index (χ1) is 12.6. The van der Waals surface area contributed by atoms with Crippen LogP contribution in [-0.2, 0) is 13.6 Å². The number of ether oxygens (including phenoxy) is 2. The number of benzene rings is 1. The number of carbonyl (C=O) groups is 1. The second kappa shape index (κ2) is 8.12. The summed E-state index contributed by atoms with van der Waals surface area (Å²) in [6, 6.07) is 5.75. The van der Waals surface area contributed by atoms with Crippen LogP contribution >= 0.6 is 0 Å². The average molecular weight is 358 g/mol. The largest absolute Gasteiger partial charge is 0.493 e. The molecule has 1 saturated heterocycles. The monoisotopic (exact) mass is 358 g/mol. The van der Waals surface area contributed by atoms with Crippen LogP contribution in [0.1, 0.15) is 36.9 Å². The van der Waals surface area contributed by atoms with E-state index in [0.717, 1.165) is 30.5 Å². The minimum atomic E-state index is -0.0508. The highest BCUT2D eigenvalue weighted by Gasteiger charge is 2.30. The van der Waals surface area contributed by atoms with E-state index in [9.17, 15) is 4.79 Å². The van der Waals surface area contributed by atoms with Crippen LogP contribution in [0.15, 0.2) is 30.6 Å². The highest BCUT2D eigenvalue weighted by atomic mass is 16.5. The number of likely N-dealkylation sites (tertiary alicyclic amines) is 1. The van der Waals surface area contributed by atoms with Crippen molar-refractivity contribution in [1.29, 1.82) is 0 Å². The van der Waals surface area contributed by atoms with E-state index >= 15 is 0 Å². The molecule has 0 spiro atoms. The van der Waals surface area contributed by atoms with Crippen LogP contribution < -0.4 is 14.8 Å². The standard InChI is InChI=1S/C19H26N4O3/c1-4-26-18-10-14(7-8-17(18)25-3)11-20-19(24)23-9-5-6-16(23)15-12-21-22(2)13-15/h7-8,10,12-13,16H,4-6,9,11H2,1-3H3,(H,20,24). The molecule has 7 nitrogen and oxygen atoms in total. The van der Waals surface area contributed by atoms with Gasteiger partial charge in [-0.1, -0.05) is 6.07 Å². The van der Waals surface area contributed by atoms with Gasteiger partial charge in [0.25, 0.3) is 0 Å². The van der Waals surface area contributed by atoms with Crippen LogP contribution in [-0.4, -0.2) is 41.0 Å². The predicted octanol–water partition coefficient (Wildman–Crippen LogP) is 2.87. The van der Waals surface area contributed by atoms with E-state index < -0.39 is 0 Å². The second-order valence-electron chi connectivity index (χ2n) is 6.38. The maximum atomic E-state index is 12.7. The number of aryl methyl sites for hydroxylation is 1. The zero-order chi connectivity index (χ0) is 18.5. The number of hydrogen-bond acceptors (Lipinski definition) is 4. The van der Waals surface area contributed by atoms with Gasteiger partial charge >= 0.3 is 6.03 Å². The maximum absolute atomic E-state index is 12.7. The summed E-state index contributed by atoms with van der Waals surface area (Å²) >= 11 is 0. The first kappa shape index (κ1) is 18.1. The summed E-state index contributed by atoms with van der Waals surface area (Å²) in [5.74, 6) is 1.38. The van der Waals surface area contributed by atoms with Crippen molar-refractivity contribution in [2.75, 3.05) is 20.3 Å². The zero-order valence-corrected chi connectivity index (χ0v) is 15.6. The molecule has 1 atom stereocenters. The molecule has 1 aromatic carbocycles. The van der Waals surface area contributed by atoms with Gasteiger partial charge in [0.1, 0.15) is 0 Å². The van der Waals surface area contributed by atoms with Gasteiger partial charge in [0.05, 0.1) is 26.0 Å². The summed E-state index contributed by atoms with van der Waals surface area (Å²) in [4.78, 5) is 14.6. The summed E-state index contributed by atoms with van der Waals surface area (Å²) in [5, 5.41) is 7.24. The van der Waals surface area contributed by atoms with E-state index in [-0.39, 0.29) is 12.1 Å². The van der Waals surface area contributed by atoms with Crippen molar-refractivity contribution in [3.63, 3.8) is 0 Å². The molecule has 0 aliphatic carbocycles.